The van der Waals surface area contributed by atoms with Gasteiger partial charge in [0.15, 0.2) is 0 Å². The van der Waals surface area contributed by atoms with Crippen LogP contribution in [0, 0.1) is 6.92 Å². The zero-order valence-corrected chi connectivity index (χ0v) is 11.0. The summed E-state index contributed by atoms with van der Waals surface area (Å²) in [5, 5.41) is 11.7. The Labute approximate surface area is 115 Å². The SMILES string of the molecule is Cc1ccc(C(=O)NC(Cc2c[nH]cn2)C(=O)O)cc1. The minimum absolute atomic E-state index is 0.135. The van der Waals surface area contributed by atoms with E-state index in [1.807, 2.05) is 6.92 Å². The van der Waals surface area contributed by atoms with Crippen molar-refractivity contribution in [2.45, 2.75) is 19.4 Å². The third-order valence-electron chi connectivity index (χ3n) is 2.89. The van der Waals surface area contributed by atoms with Crippen LogP contribution in [0.15, 0.2) is 36.8 Å². The molecule has 1 aromatic heterocycles. The summed E-state index contributed by atoms with van der Waals surface area (Å²) in [7, 11) is 0. The van der Waals surface area contributed by atoms with E-state index in [2.05, 4.69) is 15.3 Å². The minimum Gasteiger partial charge on any atom is -0.480 e. The van der Waals surface area contributed by atoms with E-state index in [1.165, 1.54) is 6.33 Å². The van der Waals surface area contributed by atoms with Gasteiger partial charge in [-0.15, -0.1) is 0 Å². The maximum atomic E-state index is 12.0. The van der Waals surface area contributed by atoms with E-state index >= 15 is 0 Å². The van der Waals surface area contributed by atoms with E-state index in [4.69, 9.17) is 5.11 Å². The molecule has 0 fully saturated rings. The second-order valence-corrected chi connectivity index (χ2v) is 4.49. The zero-order valence-electron chi connectivity index (χ0n) is 11.0. The Morgan fingerprint density at radius 3 is 2.60 bits per heavy atom. The van der Waals surface area contributed by atoms with Crippen LogP contribution in [0.3, 0.4) is 0 Å². The molecule has 1 amide bonds. The van der Waals surface area contributed by atoms with E-state index in [-0.39, 0.29) is 6.42 Å². The number of aryl methyl sites for hydroxylation is 1. The lowest BCUT2D eigenvalue weighted by Crippen LogP contribution is -2.42. The Morgan fingerprint density at radius 1 is 1.35 bits per heavy atom. The lowest BCUT2D eigenvalue weighted by atomic mass is 10.1. The molecule has 1 aromatic carbocycles. The van der Waals surface area contributed by atoms with Gasteiger partial charge in [0, 0.05) is 18.2 Å². The number of aliphatic carboxylic acids is 1. The number of carbonyl (C=O) groups excluding carboxylic acids is 1. The summed E-state index contributed by atoms with van der Waals surface area (Å²) in [6, 6.07) is 5.93. The standard InChI is InChI=1S/C14H15N3O3/c1-9-2-4-10(5-3-9)13(18)17-12(14(19)20)6-11-7-15-8-16-11/h2-5,7-8,12H,6H2,1H3,(H,15,16)(H,17,18)(H,19,20). The van der Waals surface area contributed by atoms with Gasteiger partial charge < -0.3 is 15.4 Å². The number of H-pyrrole nitrogens is 1. The second kappa shape index (κ2) is 6.01. The topological polar surface area (TPSA) is 95.1 Å². The molecule has 0 bridgehead atoms. The Bertz CT molecular complexity index is 591. The molecule has 6 heteroatoms. The number of benzene rings is 1. The molecule has 0 saturated carbocycles. The highest BCUT2D eigenvalue weighted by Crippen LogP contribution is 2.05. The average Bonchev–Trinajstić information content (AvgIpc) is 2.91. The Morgan fingerprint density at radius 2 is 2.05 bits per heavy atom. The van der Waals surface area contributed by atoms with E-state index in [0.717, 1.165) is 5.56 Å². The van der Waals surface area contributed by atoms with E-state index in [1.54, 1.807) is 30.5 Å². The van der Waals surface area contributed by atoms with Crippen molar-refractivity contribution in [3.63, 3.8) is 0 Å². The van der Waals surface area contributed by atoms with Crippen LogP contribution in [0.4, 0.5) is 0 Å². The predicted molar refractivity (Wildman–Crippen MR) is 72.4 cm³/mol. The third-order valence-corrected chi connectivity index (χ3v) is 2.89. The number of nitrogens with zero attached hydrogens (tertiary/aromatic N) is 1. The van der Waals surface area contributed by atoms with Gasteiger partial charge in [0.05, 0.1) is 12.0 Å². The number of aromatic nitrogens is 2. The molecule has 20 heavy (non-hydrogen) atoms. The number of hydrogen-bond acceptors (Lipinski definition) is 3. The molecule has 6 nitrogen and oxygen atoms in total. The van der Waals surface area contributed by atoms with Crippen LogP contribution in [0.25, 0.3) is 0 Å². The summed E-state index contributed by atoms with van der Waals surface area (Å²) >= 11 is 0. The number of carbonyl (C=O) groups is 2. The van der Waals surface area contributed by atoms with Crippen LogP contribution in [0.5, 0.6) is 0 Å². The Balaban J connectivity index is 2.06. The van der Waals surface area contributed by atoms with Gasteiger partial charge in [-0.25, -0.2) is 9.78 Å². The maximum Gasteiger partial charge on any atom is 0.326 e. The second-order valence-electron chi connectivity index (χ2n) is 4.49. The van der Waals surface area contributed by atoms with E-state index in [9.17, 15) is 9.59 Å². The molecular formula is C14H15N3O3. The third kappa shape index (κ3) is 3.44. The van der Waals surface area contributed by atoms with Crippen molar-refractivity contribution in [3.8, 4) is 0 Å². The van der Waals surface area contributed by atoms with Gasteiger partial charge in [0.25, 0.3) is 5.91 Å². The van der Waals surface area contributed by atoms with Gasteiger partial charge in [-0.05, 0) is 19.1 Å². The van der Waals surface area contributed by atoms with Crippen molar-refractivity contribution in [3.05, 3.63) is 53.6 Å². The highest BCUT2D eigenvalue weighted by atomic mass is 16.4. The first kappa shape index (κ1) is 13.8. The molecular weight excluding hydrogens is 258 g/mol. The van der Waals surface area contributed by atoms with Crippen molar-refractivity contribution in [1.29, 1.82) is 0 Å². The minimum atomic E-state index is -1.09. The van der Waals surface area contributed by atoms with Crippen LogP contribution in [0.2, 0.25) is 0 Å². The summed E-state index contributed by atoms with van der Waals surface area (Å²) in [4.78, 5) is 29.9. The number of rotatable bonds is 5. The van der Waals surface area contributed by atoms with Gasteiger partial charge in [-0.2, -0.15) is 0 Å². The predicted octanol–water partition coefficient (Wildman–Crippen LogP) is 1.14. The lowest BCUT2D eigenvalue weighted by Gasteiger charge is -2.13. The number of carboxylic acids is 1. The number of amides is 1. The van der Waals surface area contributed by atoms with Crippen molar-refractivity contribution < 1.29 is 14.7 Å². The van der Waals surface area contributed by atoms with Crippen LogP contribution in [0.1, 0.15) is 21.6 Å². The Hall–Kier alpha value is -2.63. The molecule has 0 aliphatic heterocycles. The van der Waals surface area contributed by atoms with Gasteiger partial charge in [-0.3, -0.25) is 4.79 Å². The van der Waals surface area contributed by atoms with Gasteiger partial charge >= 0.3 is 5.97 Å². The van der Waals surface area contributed by atoms with Crippen molar-refractivity contribution >= 4 is 11.9 Å². The van der Waals surface area contributed by atoms with Crippen LogP contribution in [-0.4, -0.2) is 33.0 Å². The molecule has 2 aromatic rings. The van der Waals surface area contributed by atoms with Crippen molar-refractivity contribution in [1.82, 2.24) is 15.3 Å². The summed E-state index contributed by atoms with van der Waals surface area (Å²) in [6.45, 7) is 1.92. The molecule has 1 heterocycles. The first-order valence-electron chi connectivity index (χ1n) is 6.14. The number of hydrogen-bond donors (Lipinski definition) is 3. The number of nitrogens with one attached hydrogen (secondary N) is 2. The van der Waals surface area contributed by atoms with Gasteiger partial charge in [0.1, 0.15) is 6.04 Å². The van der Waals surface area contributed by atoms with Crippen molar-refractivity contribution in [2.75, 3.05) is 0 Å². The van der Waals surface area contributed by atoms with Crippen molar-refractivity contribution in [2.24, 2.45) is 0 Å². The first-order valence-corrected chi connectivity index (χ1v) is 6.14. The maximum absolute atomic E-state index is 12.0. The first-order chi connectivity index (χ1) is 9.56. The molecule has 0 spiro atoms. The quantitative estimate of drug-likeness (QED) is 0.761. The molecule has 1 unspecified atom stereocenters. The van der Waals surface area contributed by atoms with E-state index in [0.29, 0.717) is 11.3 Å². The average molecular weight is 273 g/mol. The molecule has 3 N–H and O–H groups in total. The smallest absolute Gasteiger partial charge is 0.326 e. The molecule has 104 valence electrons. The molecule has 0 saturated heterocycles. The summed E-state index contributed by atoms with van der Waals surface area (Å²) in [5.41, 5.74) is 2.05. The monoisotopic (exact) mass is 273 g/mol. The van der Waals surface area contributed by atoms with Gasteiger partial charge in [0.2, 0.25) is 0 Å². The van der Waals surface area contributed by atoms with Crippen LogP contribution < -0.4 is 5.32 Å². The van der Waals surface area contributed by atoms with Gasteiger partial charge in [-0.1, -0.05) is 17.7 Å². The zero-order chi connectivity index (χ0) is 14.5. The lowest BCUT2D eigenvalue weighted by molar-refractivity contribution is -0.139. The number of imidazole rings is 1. The summed E-state index contributed by atoms with van der Waals surface area (Å²) in [5.74, 6) is -1.50. The normalized spacial score (nSPS) is 11.8. The molecule has 0 aliphatic carbocycles. The highest BCUT2D eigenvalue weighted by molar-refractivity contribution is 5.96. The largest absolute Gasteiger partial charge is 0.480 e. The number of carboxylic acid groups (broad SMARTS) is 1. The van der Waals surface area contributed by atoms with E-state index < -0.39 is 17.9 Å². The fourth-order valence-electron chi connectivity index (χ4n) is 1.76. The van der Waals surface area contributed by atoms with Crippen LogP contribution in [-0.2, 0) is 11.2 Å². The Kier molecular flexibility index (Phi) is 4.14. The summed E-state index contributed by atoms with van der Waals surface area (Å²) < 4.78 is 0. The highest BCUT2D eigenvalue weighted by Gasteiger charge is 2.21. The molecule has 0 aliphatic rings. The van der Waals surface area contributed by atoms with Crippen LogP contribution >= 0.6 is 0 Å². The summed E-state index contributed by atoms with van der Waals surface area (Å²) in [6.07, 6.45) is 3.21. The fraction of sp³-hybridized carbons (Fsp3) is 0.214. The number of aromatic amines is 1. The molecule has 1 atom stereocenters. The molecule has 0 radical (unpaired) electrons. The molecule has 2 rings (SSSR count). The fourth-order valence-corrected chi connectivity index (χ4v) is 1.76.